The van der Waals surface area contributed by atoms with Gasteiger partial charge in [-0.05, 0) is 43.5 Å². The summed E-state index contributed by atoms with van der Waals surface area (Å²) in [5.74, 6) is 0.834. The number of aliphatic hydroxyl groups is 1. The Labute approximate surface area is 119 Å². The van der Waals surface area contributed by atoms with Crippen LogP contribution in [0.1, 0.15) is 38.5 Å². The van der Waals surface area contributed by atoms with Gasteiger partial charge in [0, 0.05) is 11.6 Å². The molecule has 20 heavy (non-hydrogen) atoms. The lowest BCUT2D eigenvalue weighted by Gasteiger charge is -2.26. The second-order valence-corrected chi connectivity index (χ2v) is 5.54. The van der Waals surface area contributed by atoms with E-state index in [0.29, 0.717) is 0 Å². The highest BCUT2D eigenvalue weighted by Gasteiger charge is 2.22. The average Bonchev–Trinajstić information content (AvgIpc) is 2.47. The Kier molecular flexibility index (Phi) is 4.16. The highest BCUT2D eigenvalue weighted by atomic mass is 16.5. The van der Waals surface area contributed by atoms with Crippen LogP contribution in [0.25, 0.3) is 10.9 Å². The first-order valence-corrected chi connectivity index (χ1v) is 7.53. The lowest BCUT2D eigenvalue weighted by molar-refractivity contribution is 0.0196. The number of benzene rings is 1. The van der Waals surface area contributed by atoms with Gasteiger partial charge >= 0.3 is 0 Å². The van der Waals surface area contributed by atoms with Crippen molar-refractivity contribution < 1.29 is 9.84 Å². The van der Waals surface area contributed by atoms with Crippen molar-refractivity contribution in [1.29, 1.82) is 0 Å². The molecule has 2 atom stereocenters. The summed E-state index contributed by atoms with van der Waals surface area (Å²) < 4.78 is 6.13. The molecule has 1 heterocycles. The number of aliphatic hydroxyl groups excluding tert-OH is 1. The number of hydrogen-bond acceptors (Lipinski definition) is 3. The van der Waals surface area contributed by atoms with Crippen LogP contribution < -0.4 is 4.74 Å². The molecule has 2 aromatic rings. The minimum Gasteiger partial charge on any atom is -0.487 e. The zero-order valence-corrected chi connectivity index (χ0v) is 11.7. The summed E-state index contributed by atoms with van der Waals surface area (Å²) in [4.78, 5) is 4.34. The van der Waals surface area contributed by atoms with E-state index in [1.54, 1.807) is 6.20 Å². The molecule has 1 aromatic heterocycles. The second kappa shape index (κ2) is 6.23. The Morgan fingerprint density at radius 3 is 2.75 bits per heavy atom. The van der Waals surface area contributed by atoms with Gasteiger partial charge in [-0.15, -0.1) is 0 Å². The maximum atomic E-state index is 10.3. The van der Waals surface area contributed by atoms with E-state index in [-0.39, 0.29) is 12.2 Å². The van der Waals surface area contributed by atoms with Crippen molar-refractivity contribution in [3.05, 3.63) is 36.5 Å². The predicted molar refractivity (Wildman–Crippen MR) is 79.9 cm³/mol. The predicted octanol–water partition coefficient (Wildman–Crippen LogP) is 3.70. The summed E-state index contributed by atoms with van der Waals surface area (Å²) in [7, 11) is 0. The van der Waals surface area contributed by atoms with Crippen molar-refractivity contribution in [2.75, 3.05) is 0 Å². The van der Waals surface area contributed by atoms with E-state index in [9.17, 15) is 5.11 Å². The molecule has 0 amide bonds. The van der Waals surface area contributed by atoms with Crippen molar-refractivity contribution in [2.45, 2.75) is 50.7 Å². The molecule has 1 N–H and O–H groups in total. The molecule has 3 nitrogen and oxygen atoms in total. The normalized spacial score (nSPS) is 24.1. The topological polar surface area (TPSA) is 42.4 Å². The molecule has 0 saturated heterocycles. The number of rotatable bonds is 2. The largest absolute Gasteiger partial charge is 0.487 e. The van der Waals surface area contributed by atoms with Gasteiger partial charge in [-0.1, -0.05) is 25.3 Å². The number of aromatic nitrogens is 1. The van der Waals surface area contributed by atoms with E-state index < -0.39 is 0 Å². The van der Waals surface area contributed by atoms with Gasteiger partial charge in [0.05, 0.1) is 11.6 Å². The van der Waals surface area contributed by atoms with Gasteiger partial charge in [0.1, 0.15) is 11.9 Å². The van der Waals surface area contributed by atoms with Crippen LogP contribution in [0.4, 0.5) is 0 Å². The second-order valence-electron chi connectivity index (χ2n) is 5.54. The molecule has 0 radical (unpaired) electrons. The fraction of sp³-hybridized carbons (Fsp3) is 0.471. The lowest BCUT2D eigenvalue weighted by Crippen LogP contribution is -2.32. The quantitative estimate of drug-likeness (QED) is 0.905. The third-order valence-corrected chi connectivity index (χ3v) is 4.05. The van der Waals surface area contributed by atoms with Crippen molar-refractivity contribution in [1.82, 2.24) is 4.98 Å². The Hall–Kier alpha value is -1.61. The van der Waals surface area contributed by atoms with Crippen LogP contribution >= 0.6 is 0 Å². The Balaban J connectivity index is 1.84. The molecule has 0 spiro atoms. The van der Waals surface area contributed by atoms with Gasteiger partial charge < -0.3 is 9.84 Å². The Morgan fingerprint density at radius 2 is 1.85 bits per heavy atom. The summed E-state index contributed by atoms with van der Waals surface area (Å²) in [5.41, 5.74) is 0.935. The van der Waals surface area contributed by atoms with E-state index in [1.807, 2.05) is 30.3 Å². The van der Waals surface area contributed by atoms with E-state index in [4.69, 9.17) is 4.74 Å². The van der Waals surface area contributed by atoms with Crippen LogP contribution in [0.15, 0.2) is 36.5 Å². The number of ether oxygens (including phenoxy) is 1. The zero-order valence-electron chi connectivity index (χ0n) is 11.7. The highest BCUT2D eigenvalue weighted by molar-refractivity contribution is 5.84. The number of fused-ring (bicyclic) bond motifs is 1. The first kappa shape index (κ1) is 13.4. The first-order valence-electron chi connectivity index (χ1n) is 7.53. The molecule has 1 fully saturated rings. The smallest absolute Gasteiger partial charge is 0.129 e. The van der Waals surface area contributed by atoms with Crippen LogP contribution in [0.2, 0.25) is 0 Å². The molecule has 2 unspecified atom stereocenters. The fourth-order valence-corrected chi connectivity index (χ4v) is 2.91. The van der Waals surface area contributed by atoms with Gasteiger partial charge in [-0.2, -0.15) is 0 Å². The maximum Gasteiger partial charge on any atom is 0.129 e. The van der Waals surface area contributed by atoms with E-state index in [1.165, 1.54) is 12.8 Å². The minimum atomic E-state index is -0.359. The number of hydrogen-bond donors (Lipinski definition) is 1. The highest BCUT2D eigenvalue weighted by Crippen LogP contribution is 2.28. The van der Waals surface area contributed by atoms with Gasteiger partial charge in [-0.25, -0.2) is 0 Å². The van der Waals surface area contributed by atoms with Crippen LogP contribution in [-0.4, -0.2) is 22.3 Å². The zero-order chi connectivity index (χ0) is 13.8. The summed E-state index contributed by atoms with van der Waals surface area (Å²) in [5, 5.41) is 11.3. The van der Waals surface area contributed by atoms with Crippen molar-refractivity contribution in [2.24, 2.45) is 0 Å². The molecule has 1 aliphatic carbocycles. The van der Waals surface area contributed by atoms with Crippen LogP contribution in [-0.2, 0) is 0 Å². The van der Waals surface area contributed by atoms with Crippen LogP contribution in [0, 0.1) is 0 Å². The molecule has 3 heteroatoms. The molecule has 0 bridgehead atoms. The monoisotopic (exact) mass is 271 g/mol. The number of pyridine rings is 1. The van der Waals surface area contributed by atoms with E-state index in [2.05, 4.69) is 4.98 Å². The molecule has 1 aliphatic rings. The maximum absolute atomic E-state index is 10.3. The molecular weight excluding hydrogens is 250 g/mol. The molecule has 106 valence electrons. The summed E-state index contributed by atoms with van der Waals surface area (Å²) >= 11 is 0. The molecule has 3 rings (SSSR count). The van der Waals surface area contributed by atoms with Gasteiger partial charge in [-0.3, -0.25) is 4.98 Å². The molecule has 0 aliphatic heterocycles. The Bertz CT molecular complexity index is 564. The van der Waals surface area contributed by atoms with Gasteiger partial charge in [0.25, 0.3) is 0 Å². The summed E-state index contributed by atoms with van der Waals surface area (Å²) in [6.45, 7) is 0. The lowest BCUT2D eigenvalue weighted by atomic mass is 9.96. The van der Waals surface area contributed by atoms with E-state index >= 15 is 0 Å². The van der Waals surface area contributed by atoms with Crippen LogP contribution in [0.3, 0.4) is 0 Å². The third kappa shape index (κ3) is 2.93. The Morgan fingerprint density at radius 1 is 1.00 bits per heavy atom. The van der Waals surface area contributed by atoms with Gasteiger partial charge in [0.15, 0.2) is 0 Å². The molecule has 1 saturated carbocycles. The average molecular weight is 271 g/mol. The standard InChI is InChI=1S/C17H21NO2/c19-15-9-3-1-2-4-10-17(15)20-16-11-5-8-14-13(16)7-6-12-18-14/h5-8,11-12,15,17,19H,1-4,9-10H2. The first-order chi connectivity index (χ1) is 9.84. The SMILES string of the molecule is OC1CCCCCCC1Oc1cccc2ncccc12. The van der Waals surface area contributed by atoms with Crippen molar-refractivity contribution in [3.8, 4) is 5.75 Å². The summed E-state index contributed by atoms with van der Waals surface area (Å²) in [6, 6.07) is 9.85. The number of nitrogens with zero attached hydrogens (tertiary/aromatic N) is 1. The van der Waals surface area contributed by atoms with E-state index in [0.717, 1.165) is 42.3 Å². The molecular formula is C17H21NO2. The van der Waals surface area contributed by atoms with Gasteiger partial charge in [0.2, 0.25) is 0 Å². The van der Waals surface area contributed by atoms with Crippen LogP contribution in [0.5, 0.6) is 5.75 Å². The minimum absolute atomic E-state index is 0.0962. The summed E-state index contributed by atoms with van der Waals surface area (Å²) in [6.07, 6.45) is 7.79. The fourth-order valence-electron chi connectivity index (χ4n) is 2.91. The molecule has 1 aromatic carbocycles. The van der Waals surface area contributed by atoms with Crippen molar-refractivity contribution >= 4 is 10.9 Å². The van der Waals surface area contributed by atoms with Crippen molar-refractivity contribution in [3.63, 3.8) is 0 Å². The third-order valence-electron chi connectivity index (χ3n) is 4.05.